The van der Waals surface area contributed by atoms with Crippen molar-refractivity contribution in [2.75, 3.05) is 20.1 Å². The SMILES string of the molecule is C#CCN(C)CC(C)(N)CCC. The van der Waals surface area contributed by atoms with Crippen molar-refractivity contribution in [2.45, 2.75) is 32.2 Å². The monoisotopic (exact) mass is 168 g/mol. The van der Waals surface area contributed by atoms with Gasteiger partial charge in [-0.15, -0.1) is 6.42 Å². The van der Waals surface area contributed by atoms with Crippen molar-refractivity contribution in [1.29, 1.82) is 0 Å². The third kappa shape index (κ3) is 5.17. The lowest BCUT2D eigenvalue weighted by Crippen LogP contribution is -2.46. The standard InChI is InChI=1S/C10H20N2/c1-5-7-10(3,11)9-12(4)8-6-2/h2H,5,7-9,11H2,1,3-4H3. The van der Waals surface area contributed by atoms with E-state index in [9.17, 15) is 0 Å². The van der Waals surface area contributed by atoms with Crippen LogP contribution in [0.3, 0.4) is 0 Å². The van der Waals surface area contributed by atoms with Gasteiger partial charge in [0.1, 0.15) is 0 Å². The Labute approximate surface area is 76.1 Å². The Balaban J connectivity index is 3.80. The number of terminal acetylenes is 1. The Morgan fingerprint density at radius 2 is 2.17 bits per heavy atom. The fourth-order valence-electron chi connectivity index (χ4n) is 1.48. The van der Waals surface area contributed by atoms with Gasteiger partial charge >= 0.3 is 0 Å². The van der Waals surface area contributed by atoms with Crippen molar-refractivity contribution in [3.8, 4) is 12.3 Å². The summed E-state index contributed by atoms with van der Waals surface area (Å²) in [6, 6.07) is 0. The summed E-state index contributed by atoms with van der Waals surface area (Å²) >= 11 is 0. The molecule has 2 nitrogen and oxygen atoms in total. The van der Waals surface area contributed by atoms with Crippen molar-refractivity contribution >= 4 is 0 Å². The molecule has 2 heteroatoms. The highest BCUT2D eigenvalue weighted by Gasteiger charge is 2.18. The second-order valence-corrected chi connectivity index (χ2v) is 3.78. The maximum absolute atomic E-state index is 6.05. The van der Waals surface area contributed by atoms with Crippen LogP contribution in [0.15, 0.2) is 0 Å². The molecule has 0 saturated heterocycles. The lowest BCUT2D eigenvalue weighted by atomic mass is 9.97. The molecule has 0 aromatic rings. The summed E-state index contributed by atoms with van der Waals surface area (Å²) in [6.45, 7) is 5.76. The molecular weight excluding hydrogens is 148 g/mol. The fraction of sp³-hybridized carbons (Fsp3) is 0.800. The Morgan fingerprint density at radius 1 is 1.58 bits per heavy atom. The maximum Gasteiger partial charge on any atom is 0.0597 e. The number of hydrogen-bond acceptors (Lipinski definition) is 2. The van der Waals surface area contributed by atoms with E-state index in [0.717, 1.165) is 19.4 Å². The zero-order valence-electron chi connectivity index (χ0n) is 8.43. The summed E-state index contributed by atoms with van der Waals surface area (Å²) in [5.41, 5.74) is 5.95. The summed E-state index contributed by atoms with van der Waals surface area (Å²) in [6.07, 6.45) is 7.36. The molecule has 0 bridgehead atoms. The van der Waals surface area contributed by atoms with Crippen LogP contribution in [0, 0.1) is 12.3 Å². The number of nitrogens with zero attached hydrogens (tertiary/aromatic N) is 1. The zero-order valence-corrected chi connectivity index (χ0v) is 8.43. The Hall–Kier alpha value is -0.520. The summed E-state index contributed by atoms with van der Waals surface area (Å²) in [5, 5.41) is 0. The molecule has 0 aliphatic carbocycles. The molecule has 1 unspecified atom stereocenters. The minimum Gasteiger partial charge on any atom is -0.324 e. The predicted molar refractivity (Wildman–Crippen MR) is 53.8 cm³/mol. The average molecular weight is 168 g/mol. The van der Waals surface area contributed by atoms with Crippen molar-refractivity contribution < 1.29 is 0 Å². The smallest absolute Gasteiger partial charge is 0.0597 e. The van der Waals surface area contributed by atoms with Gasteiger partial charge in [-0.25, -0.2) is 0 Å². The quantitative estimate of drug-likeness (QED) is 0.622. The largest absolute Gasteiger partial charge is 0.324 e. The van der Waals surface area contributed by atoms with Gasteiger partial charge in [0.15, 0.2) is 0 Å². The molecule has 0 rings (SSSR count). The van der Waals surface area contributed by atoms with Crippen molar-refractivity contribution in [3.05, 3.63) is 0 Å². The molecule has 0 saturated carbocycles. The van der Waals surface area contributed by atoms with Crippen LogP contribution in [0.4, 0.5) is 0 Å². The molecule has 0 amide bonds. The number of likely N-dealkylation sites (N-methyl/N-ethyl adjacent to an activating group) is 1. The first kappa shape index (κ1) is 11.5. The van der Waals surface area contributed by atoms with Gasteiger partial charge in [0.25, 0.3) is 0 Å². The summed E-state index contributed by atoms with van der Waals surface area (Å²) in [4.78, 5) is 2.08. The van der Waals surface area contributed by atoms with Crippen LogP contribution in [0.1, 0.15) is 26.7 Å². The average Bonchev–Trinajstić information content (AvgIpc) is 1.85. The minimum absolute atomic E-state index is 0.0969. The third-order valence-electron chi connectivity index (χ3n) is 1.81. The molecule has 0 heterocycles. The first-order chi connectivity index (χ1) is 5.52. The molecule has 0 aliphatic rings. The maximum atomic E-state index is 6.05. The highest BCUT2D eigenvalue weighted by atomic mass is 15.1. The molecule has 0 spiro atoms. The van der Waals surface area contributed by atoms with Gasteiger partial charge in [0.2, 0.25) is 0 Å². The van der Waals surface area contributed by atoms with E-state index in [0.29, 0.717) is 6.54 Å². The van der Waals surface area contributed by atoms with Crippen LogP contribution in [-0.2, 0) is 0 Å². The molecule has 2 N–H and O–H groups in total. The Bertz CT molecular complexity index is 156. The molecule has 0 fully saturated rings. The third-order valence-corrected chi connectivity index (χ3v) is 1.81. The van der Waals surface area contributed by atoms with Gasteiger partial charge < -0.3 is 5.73 Å². The van der Waals surface area contributed by atoms with E-state index in [2.05, 4.69) is 24.7 Å². The van der Waals surface area contributed by atoms with Gasteiger partial charge in [0.05, 0.1) is 6.54 Å². The van der Waals surface area contributed by atoms with Gasteiger partial charge in [-0.2, -0.15) is 0 Å². The number of rotatable bonds is 5. The molecule has 70 valence electrons. The van der Waals surface area contributed by atoms with E-state index in [4.69, 9.17) is 12.2 Å². The number of hydrogen-bond donors (Lipinski definition) is 1. The molecule has 1 atom stereocenters. The van der Waals surface area contributed by atoms with Crippen molar-refractivity contribution in [1.82, 2.24) is 4.90 Å². The molecular formula is C10H20N2. The van der Waals surface area contributed by atoms with E-state index in [-0.39, 0.29) is 5.54 Å². The van der Waals surface area contributed by atoms with Crippen molar-refractivity contribution in [3.63, 3.8) is 0 Å². The molecule has 0 aromatic carbocycles. The highest BCUT2D eigenvalue weighted by Crippen LogP contribution is 2.09. The first-order valence-corrected chi connectivity index (χ1v) is 4.42. The van der Waals surface area contributed by atoms with Gasteiger partial charge in [-0.05, 0) is 20.4 Å². The van der Waals surface area contributed by atoms with Gasteiger partial charge in [-0.1, -0.05) is 19.3 Å². The second kappa shape index (κ2) is 5.18. The van der Waals surface area contributed by atoms with E-state index in [1.807, 2.05) is 7.05 Å². The Morgan fingerprint density at radius 3 is 2.58 bits per heavy atom. The molecule has 0 aromatic heterocycles. The normalized spacial score (nSPS) is 15.7. The van der Waals surface area contributed by atoms with E-state index in [1.54, 1.807) is 0 Å². The predicted octanol–water partition coefficient (Wildman–Crippen LogP) is 1.07. The summed E-state index contributed by atoms with van der Waals surface area (Å²) in [5.74, 6) is 2.60. The fourth-order valence-corrected chi connectivity index (χ4v) is 1.48. The second-order valence-electron chi connectivity index (χ2n) is 3.78. The lowest BCUT2D eigenvalue weighted by molar-refractivity contribution is 0.268. The molecule has 0 radical (unpaired) electrons. The van der Waals surface area contributed by atoms with Gasteiger partial charge in [0, 0.05) is 12.1 Å². The first-order valence-electron chi connectivity index (χ1n) is 4.42. The summed E-state index contributed by atoms with van der Waals surface area (Å²) < 4.78 is 0. The number of nitrogens with two attached hydrogens (primary N) is 1. The van der Waals surface area contributed by atoms with Crippen LogP contribution in [-0.4, -0.2) is 30.6 Å². The topological polar surface area (TPSA) is 29.3 Å². The van der Waals surface area contributed by atoms with E-state index >= 15 is 0 Å². The molecule has 0 aliphatic heterocycles. The zero-order chi connectivity index (χ0) is 9.61. The van der Waals surface area contributed by atoms with Crippen LogP contribution in [0.2, 0.25) is 0 Å². The molecule has 12 heavy (non-hydrogen) atoms. The van der Waals surface area contributed by atoms with Crippen LogP contribution in [0.5, 0.6) is 0 Å². The van der Waals surface area contributed by atoms with E-state index in [1.165, 1.54) is 0 Å². The summed E-state index contributed by atoms with van der Waals surface area (Å²) in [7, 11) is 2.00. The lowest BCUT2D eigenvalue weighted by Gasteiger charge is -2.28. The van der Waals surface area contributed by atoms with Crippen molar-refractivity contribution in [2.24, 2.45) is 5.73 Å². The van der Waals surface area contributed by atoms with Crippen LogP contribution < -0.4 is 5.73 Å². The van der Waals surface area contributed by atoms with E-state index < -0.39 is 0 Å². The van der Waals surface area contributed by atoms with Crippen LogP contribution in [0.25, 0.3) is 0 Å². The Kier molecular flexibility index (Phi) is 4.96. The van der Waals surface area contributed by atoms with Gasteiger partial charge in [-0.3, -0.25) is 4.90 Å². The van der Waals surface area contributed by atoms with Crippen LogP contribution >= 0.6 is 0 Å². The minimum atomic E-state index is -0.0969. The highest BCUT2D eigenvalue weighted by molar-refractivity contribution is 4.90.